The van der Waals surface area contributed by atoms with Crippen LogP contribution in [-0.4, -0.2) is 26.4 Å². The predicted octanol–water partition coefficient (Wildman–Crippen LogP) is 6.51. The SMILES string of the molecule is COc1ccc(C(Nc2ccccc2Cl)P(=O)(OC(C)C)OC(C)C)c(OC)c1. The topological polar surface area (TPSA) is 66.0 Å². The van der Waals surface area contributed by atoms with Crippen LogP contribution in [-0.2, 0) is 13.6 Å². The van der Waals surface area contributed by atoms with Crippen LogP contribution >= 0.6 is 19.2 Å². The highest BCUT2D eigenvalue weighted by Crippen LogP contribution is 2.63. The van der Waals surface area contributed by atoms with Gasteiger partial charge in [-0.2, -0.15) is 0 Å². The molecule has 0 aliphatic heterocycles. The third-order valence-electron chi connectivity index (χ3n) is 3.93. The van der Waals surface area contributed by atoms with Crippen molar-refractivity contribution >= 4 is 24.9 Å². The Balaban J connectivity index is 2.64. The van der Waals surface area contributed by atoms with Crippen LogP contribution in [0.15, 0.2) is 42.5 Å². The van der Waals surface area contributed by atoms with E-state index >= 15 is 0 Å². The molecule has 0 aliphatic rings. The standard InChI is InChI=1S/C21H29ClNO5P/c1-14(2)27-29(24,28-15(3)4)21(23-19-10-8-7-9-18(19)22)17-12-11-16(25-5)13-20(17)26-6/h7-15,21,23H,1-6H3. The van der Waals surface area contributed by atoms with Crippen LogP contribution in [0.2, 0.25) is 5.02 Å². The van der Waals surface area contributed by atoms with Crippen LogP contribution in [0.3, 0.4) is 0 Å². The fourth-order valence-corrected chi connectivity index (χ4v) is 5.34. The van der Waals surface area contributed by atoms with Gasteiger partial charge in [-0.25, -0.2) is 0 Å². The van der Waals surface area contributed by atoms with E-state index in [9.17, 15) is 4.57 Å². The summed E-state index contributed by atoms with van der Waals surface area (Å²) < 4.78 is 36.6. The van der Waals surface area contributed by atoms with E-state index in [4.69, 9.17) is 30.1 Å². The first kappa shape index (κ1) is 23.6. The number of hydrogen-bond donors (Lipinski definition) is 1. The maximum Gasteiger partial charge on any atom is 0.357 e. The van der Waals surface area contributed by atoms with E-state index in [0.29, 0.717) is 27.8 Å². The van der Waals surface area contributed by atoms with Gasteiger partial charge in [0.25, 0.3) is 0 Å². The van der Waals surface area contributed by atoms with Crippen LogP contribution in [0, 0.1) is 0 Å². The molecule has 160 valence electrons. The molecule has 0 fully saturated rings. The lowest BCUT2D eigenvalue weighted by Gasteiger charge is -2.32. The summed E-state index contributed by atoms with van der Waals surface area (Å²) >= 11 is 6.35. The average molecular weight is 442 g/mol. The van der Waals surface area contributed by atoms with Gasteiger partial charge in [0.05, 0.1) is 37.1 Å². The van der Waals surface area contributed by atoms with Gasteiger partial charge in [-0.15, -0.1) is 0 Å². The van der Waals surface area contributed by atoms with Crippen molar-refractivity contribution in [2.45, 2.75) is 45.7 Å². The van der Waals surface area contributed by atoms with Gasteiger partial charge in [0.1, 0.15) is 11.5 Å². The van der Waals surface area contributed by atoms with E-state index in [2.05, 4.69) is 5.32 Å². The quantitative estimate of drug-likeness (QED) is 0.424. The minimum atomic E-state index is -3.70. The number of hydrogen-bond acceptors (Lipinski definition) is 6. The second kappa shape index (κ2) is 10.4. The van der Waals surface area contributed by atoms with Crippen molar-refractivity contribution < 1.29 is 23.1 Å². The van der Waals surface area contributed by atoms with Crippen molar-refractivity contribution in [2.75, 3.05) is 19.5 Å². The van der Waals surface area contributed by atoms with Gasteiger partial charge in [-0.3, -0.25) is 4.57 Å². The molecule has 0 spiro atoms. The maximum absolute atomic E-state index is 14.0. The van der Waals surface area contributed by atoms with Crippen LogP contribution < -0.4 is 14.8 Å². The summed E-state index contributed by atoms with van der Waals surface area (Å²) in [4.78, 5) is 0. The molecule has 0 radical (unpaired) electrons. The van der Waals surface area contributed by atoms with Gasteiger partial charge in [-0.05, 0) is 52.0 Å². The lowest BCUT2D eigenvalue weighted by atomic mass is 10.1. The normalized spacial score (nSPS) is 12.9. The minimum Gasteiger partial charge on any atom is -0.497 e. The molecule has 2 aromatic carbocycles. The number of para-hydroxylation sites is 1. The number of anilines is 1. The van der Waals surface area contributed by atoms with Crippen molar-refractivity contribution in [3.8, 4) is 11.5 Å². The van der Waals surface area contributed by atoms with Gasteiger partial charge in [0.2, 0.25) is 0 Å². The highest BCUT2D eigenvalue weighted by Gasteiger charge is 2.41. The van der Waals surface area contributed by atoms with Crippen LogP contribution in [0.25, 0.3) is 0 Å². The van der Waals surface area contributed by atoms with E-state index in [1.54, 1.807) is 44.6 Å². The molecule has 0 aromatic heterocycles. The molecule has 1 N–H and O–H groups in total. The Hall–Kier alpha value is -1.72. The highest BCUT2D eigenvalue weighted by atomic mass is 35.5. The average Bonchev–Trinajstić information content (AvgIpc) is 2.65. The first-order valence-corrected chi connectivity index (χ1v) is 11.4. The fourth-order valence-electron chi connectivity index (χ4n) is 2.83. The lowest BCUT2D eigenvalue weighted by molar-refractivity contribution is 0.137. The van der Waals surface area contributed by atoms with Crippen molar-refractivity contribution in [3.63, 3.8) is 0 Å². The Morgan fingerprint density at radius 3 is 2.07 bits per heavy atom. The summed E-state index contributed by atoms with van der Waals surface area (Å²) in [5, 5.41) is 3.75. The van der Waals surface area contributed by atoms with Gasteiger partial charge in [0, 0.05) is 11.6 Å². The molecule has 0 aliphatic carbocycles. The Morgan fingerprint density at radius 2 is 1.55 bits per heavy atom. The van der Waals surface area contributed by atoms with Gasteiger partial charge in [-0.1, -0.05) is 23.7 Å². The summed E-state index contributed by atoms with van der Waals surface area (Å²) in [5.74, 6) is 0.258. The number of halogens is 1. The van der Waals surface area contributed by atoms with Crippen molar-refractivity contribution in [1.29, 1.82) is 0 Å². The smallest absolute Gasteiger partial charge is 0.357 e. The molecule has 0 bridgehead atoms. The van der Waals surface area contributed by atoms with Crippen LogP contribution in [0.4, 0.5) is 5.69 Å². The van der Waals surface area contributed by atoms with Crippen molar-refractivity contribution in [2.24, 2.45) is 0 Å². The van der Waals surface area contributed by atoms with Crippen molar-refractivity contribution in [3.05, 3.63) is 53.1 Å². The molecule has 0 saturated carbocycles. The molecule has 29 heavy (non-hydrogen) atoms. The van der Waals surface area contributed by atoms with Crippen LogP contribution in [0.1, 0.15) is 39.0 Å². The molecule has 8 heteroatoms. The molecule has 0 heterocycles. The number of nitrogens with one attached hydrogen (secondary N) is 1. The summed E-state index contributed by atoms with van der Waals surface area (Å²) in [6.45, 7) is 7.25. The van der Waals surface area contributed by atoms with E-state index in [1.807, 2.05) is 39.8 Å². The first-order valence-electron chi connectivity index (χ1n) is 9.39. The molecular weight excluding hydrogens is 413 g/mol. The molecule has 2 aromatic rings. The molecule has 1 atom stereocenters. The maximum atomic E-state index is 14.0. The summed E-state index contributed by atoms with van der Waals surface area (Å²) in [5.41, 5.74) is 1.22. The summed E-state index contributed by atoms with van der Waals surface area (Å²) in [6.07, 6.45) is -0.640. The second-order valence-electron chi connectivity index (χ2n) is 6.98. The number of benzene rings is 2. The van der Waals surface area contributed by atoms with E-state index in [0.717, 1.165) is 0 Å². The predicted molar refractivity (Wildman–Crippen MR) is 117 cm³/mol. The number of ether oxygens (including phenoxy) is 2. The van der Waals surface area contributed by atoms with Gasteiger partial charge in [0.15, 0.2) is 5.78 Å². The van der Waals surface area contributed by atoms with Gasteiger partial charge >= 0.3 is 7.60 Å². The molecule has 2 rings (SSSR count). The van der Waals surface area contributed by atoms with Crippen molar-refractivity contribution in [1.82, 2.24) is 0 Å². The fraction of sp³-hybridized carbons (Fsp3) is 0.429. The Morgan fingerprint density at radius 1 is 0.931 bits per heavy atom. The lowest BCUT2D eigenvalue weighted by Crippen LogP contribution is -2.20. The van der Waals surface area contributed by atoms with Crippen LogP contribution in [0.5, 0.6) is 11.5 Å². The zero-order valence-electron chi connectivity index (χ0n) is 17.6. The largest absolute Gasteiger partial charge is 0.497 e. The van der Waals surface area contributed by atoms with E-state index in [-0.39, 0.29) is 12.2 Å². The summed E-state index contributed by atoms with van der Waals surface area (Å²) in [7, 11) is -0.587. The zero-order chi connectivity index (χ0) is 21.6. The monoisotopic (exact) mass is 441 g/mol. The minimum absolute atomic E-state index is 0.320. The molecule has 0 amide bonds. The number of methoxy groups -OCH3 is 2. The molecule has 1 unspecified atom stereocenters. The van der Waals surface area contributed by atoms with E-state index in [1.165, 1.54) is 0 Å². The first-order chi connectivity index (χ1) is 13.7. The highest BCUT2D eigenvalue weighted by molar-refractivity contribution is 7.54. The van der Waals surface area contributed by atoms with E-state index < -0.39 is 13.4 Å². The Labute approximate surface area is 178 Å². The second-order valence-corrected chi connectivity index (χ2v) is 9.41. The Kier molecular flexibility index (Phi) is 8.41. The zero-order valence-corrected chi connectivity index (χ0v) is 19.3. The van der Waals surface area contributed by atoms with Gasteiger partial charge < -0.3 is 23.8 Å². The summed E-state index contributed by atoms with van der Waals surface area (Å²) in [6, 6.07) is 12.5. The third kappa shape index (κ3) is 6.13. The molecule has 0 saturated heterocycles. The molecular formula is C21H29ClNO5P. The third-order valence-corrected chi connectivity index (χ3v) is 6.73. The number of rotatable bonds is 10. The molecule has 6 nitrogen and oxygen atoms in total. The Bertz CT molecular complexity index is 845.